The fourth-order valence-electron chi connectivity index (χ4n) is 1.84. The smallest absolute Gasteiger partial charge is 0.340 e. The maximum absolute atomic E-state index is 11.9. The van der Waals surface area contributed by atoms with Crippen LogP contribution in [0.25, 0.3) is 0 Å². The van der Waals surface area contributed by atoms with Crippen molar-refractivity contribution in [2.45, 2.75) is 13.3 Å². The average Bonchev–Trinajstić information content (AvgIpc) is 2.51. The highest BCUT2D eigenvalue weighted by molar-refractivity contribution is 6.40. The van der Waals surface area contributed by atoms with Gasteiger partial charge in [-0.05, 0) is 46.1 Å². The Labute approximate surface area is 136 Å². The van der Waals surface area contributed by atoms with Crippen LogP contribution >= 0.6 is 0 Å². The summed E-state index contributed by atoms with van der Waals surface area (Å²) in [5.74, 6) is -2.09. The number of amides is 2. The molecule has 1 rings (SSSR count). The predicted molar refractivity (Wildman–Crippen MR) is 87.2 cm³/mol. The van der Waals surface area contributed by atoms with Crippen LogP contribution in [0, 0.1) is 0 Å². The lowest BCUT2D eigenvalue weighted by Gasteiger charge is -2.11. The molecule has 0 radical (unpaired) electrons. The molecule has 0 fully saturated rings. The molecule has 126 valence electrons. The van der Waals surface area contributed by atoms with Crippen molar-refractivity contribution in [3.63, 3.8) is 0 Å². The molecule has 0 heterocycles. The largest absolute Gasteiger partial charge is 0.462 e. The van der Waals surface area contributed by atoms with Crippen LogP contribution in [-0.4, -0.2) is 56.5 Å². The number of rotatable bonds is 7. The minimum Gasteiger partial charge on any atom is -0.462 e. The highest BCUT2D eigenvalue weighted by Crippen LogP contribution is 2.16. The van der Waals surface area contributed by atoms with Gasteiger partial charge in [-0.3, -0.25) is 9.59 Å². The van der Waals surface area contributed by atoms with Crippen molar-refractivity contribution in [2.24, 2.45) is 0 Å². The molecule has 0 aliphatic carbocycles. The summed E-state index contributed by atoms with van der Waals surface area (Å²) in [5, 5.41) is 4.98. The number of nitrogens with one attached hydrogen (secondary N) is 2. The van der Waals surface area contributed by atoms with Crippen molar-refractivity contribution in [3.05, 3.63) is 29.8 Å². The van der Waals surface area contributed by atoms with Crippen molar-refractivity contribution < 1.29 is 19.1 Å². The van der Waals surface area contributed by atoms with E-state index in [0.717, 1.165) is 13.0 Å². The standard InChI is InChI=1S/C16H23N3O4/c1-4-23-16(22)12-8-5-6-9-13(12)18-15(21)14(20)17-10-7-11-19(2)3/h5-6,8-9H,4,7,10-11H2,1-3H3,(H,17,20)(H,18,21). The molecule has 23 heavy (non-hydrogen) atoms. The number of carbonyl (C=O) groups excluding carboxylic acids is 3. The predicted octanol–water partition coefficient (Wildman–Crippen LogP) is 0.870. The topological polar surface area (TPSA) is 87.7 Å². The summed E-state index contributed by atoms with van der Waals surface area (Å²) in [4.78, 5) is 37.4. The first-order chi connectivity index (χ1) is 11.0. The van der Waals surface area contributed by atoms with Gasteiger partial charge in [0.05, 0.1) is 17.9 Å². The molecular formula is C16H23N3O4. The molecule has 1 aromatic carbocycles. The molecule has 0 atom stereocenters. The molecule has 2 amide bonds. The van der Waals surface area contributed by atoms with Crippen LogP contribution in [0.3, 0.4) is 0 Å². The van der Waals surface area contributed by atoms with Crippen LogP contribution in [0.1, 0.15) is 23.7 Å². The average molecular weight is 321 g/mol. The summed E-state index contributed by atoms with van der Waals surface area (Å²) in [7, 11) is 3.86. The summed E-state index contributed by atoms with van der Waals surface area (Å²) in [6, 6.07) is 6.39. The Hall–Kier alpha value is -2.41. The highest BCUT2D eigenvalue weighted by atomic mass is 16.5. The van der Waals surface area contributed by atoms with E-state index in [0.29, 0.717) is 6.54 Å². The van der Waals surface area contributed by atoms with E-state index in [2.05, 4.69) is 10.6 Å². The zero-order chi connectivity index (χ0) is 17.2. The van der Waals surface area contributed by atoms with Crippen molar-refractivity contribution in [1.82, 2.24) is 10.2 Å². The van der Waals surface area contributed by atoms with Crippen molar-refractivity contribution >= 4 is 23.5 Å². The van der Waals surface area contributed by atoms with E-state index in [-0.39, 0.29) is 17.9 Å². The van der Waals surface area contributed by atoms with Gasteiger partial charge in [0.2, 0.25) is 0 Å². The zero-order valence-electron chi connectivity index (χ0n) is 13.7. The Morgan fingerprint density at radius 3 is 2.48 bits per heavy atom. The van der Waals surface area contributed by atoms with Crippen molar-refractivity contribution in [2.75, 3.05) is 39.1 Å². The molecule has 7 heteroatoms. The normalized spacial score (nSPS) is 10.3. The summed E-state index contributed by atoms with van der Waals surface area (Å²) >= 11 is 0. The Kier molecular flexibility index (Phi) is 7.76. The lowest BCUT2D eigenvalue weighted by molar-refractivity contribution is -0.136. The number of ether oxygens (including phenoxy) is 1. The van der Waals surface area contributed by atoms with E-state index < -0.39 is 17.8 Å². The summed E-state index contributed by atoms with van der Waals surface area (Å²) < 4.78 is 4.92. The van der Waals surface area contributed by atoms with Gasteiger partial charge >= 0.3 is 17.8 Å². The molecule has 0 aliphatic rings. The van der Waals surface area contributed by atoms with Gasteiger partial charge in [-0.1, -0.05) is 12.1 Å². The first-order valence-corrected chi connectivity index (χ1v) is 7.45. The van der Waals surface area contributed by atoms with Crippen LogP contribution in [-0.2, 0) is 14.3 Å². The van der Waals surface area contributed by atoms with Crippen LogP contribution in [0.4, 0.5) is 5.69 Å². The summed E-state index contributed by atoms with van der Waals surface area (Å²) in [6.45, 7) is 3.14. The number of nitrogens with zero attached hydrogens (tertiary/aromatic N) is 1. The number of para-hydroxylation sites is 1. The summed E-state index contributed by atoms with van der Waals surface area (Å²) in [5.41, 5.74) is 0.461. The molecule has 1 aromatic rings. The fraction of sp³-hybridized carbons (Fsp3) is 0.438. The molecular weight excluding hydrogens is 298 g/mol. The lowest BCUT2D eigenvalue weighted by atomic mass is 10.2. The van der Waals surface area contributed by atoms with Crippen LogP contribution in [0.2, 0.25) is 0 Å². The van der Waals surface area contributed by atoms with Gasteiger partial charge in [-0.15, -0.1) is 0 Å². The third-order valence-electron chi connectivity index (χ3n) is 2.94. The SMILES string of the molecule is CCOC(=O)c1ccccc1NC(=O)C(=O)NCCCN(C)C. The van der Waals surface area contributed by atoms with E-state index in [9.17, 15) is 14.4 Å². The molecule has 0 spiro atoms. The van der Waals surface area contributed by atoms with Crippen molar-refractivity contribution in [3.8, 4) is 0 Å². The molecule has 0 saturated carbocycles. The Morgan fingerprint density at radius 2 is 1.83 bits per heavy atom. The second-order valence-corrected chi connectivity index (χ2v) is 5.13. The first kappa shape index (κ1) is 18.6. The molecule has 2 N–H and O–H groups in total. The number of hydrogen-bond donors (Lipinski definition) is 2. The Bertz CT molecular complexity index is 558. The minimum atomic E-state index is -0.813. The highest BCUT2D eigenvalue weighted by Gasteiger charge is 2.18. The third-order valence-corrected chi connectivity index (χ3v) is 2.94. The number of benzene rings is 1. The number of esters is 1. The molecule has 0 aliphatic heterocycles. The minimum absolute atomic E-state index is 0.211. The molecule has 0 bridgehead atoms. The third kappa shape index (κ3) is 6.48. The van der Waals surface area contributed by atoms with Gasteiger partial charge in [-0.25, -0.2) is 4.79 Å². The summed E-state index contributed by atoms with van der Waals surface area (Å²) in [6.07, 6.45) is 0.742. The zero-order valence-corrected chi connectivity index (χ0v) is 13.7. The van der Waals surface area contributed by atoms with Gasteiger partial charge in [0.1, 0.15) is 0 Å². The van der Waals surface area contributed by atoms with Gasteiger partial charge in [0.25, 0.3) is 0 Å². The molecule has 0 aromatic heterocycles. The number of hydrogen-bond acceptors (Lipinski definition) is 5. The quantitative estimate of drug-likeness (QED) is 0.442. The maximum atomic E-state index is 11.9. The van der Waals surface area contributed by atoms with Gasteiger partial charge in [-0.2, -0.15) is 0 Å². The van der Waals surface area contributed by atoms with Gasteiger partial charge in [0, 0.05) is 6.54 Å². The van der Waals surface area contributed by atoms with E-state index in [1.165, 1.54) is 6.07 Å². The van der Waals surface area contributed by atoms with Crippen LogP contribution in [0.15, 0.2) is 24.3 Å². The Morgan fingerprint density at radius 1 is 1.13 bits per heavy atom. The lowest BCUT2D eigenvalue weighted by Crippen LogP contribution is -2.37. The monoisotopic (exact) mass is 321 g/mol. The molecule has 7 nitrogen and oxygen atoms in total. The Balaban J connectivity index is 2.60. The number of anilines is 1. The first-order valence-electron chi connectivity index (χ1n) is 7.45. The number of carbonyl (C=O) groups is 3. The van der Waals surface area contributed by atoms with E-state index in [4.69, 9.17) is 4.74 Å². The van der Waals surface area contributed by atoms with E-state index in [1.807, 2.05) is 19.0 Å². The van der Waals surface area contributed by atoms with Crippen LogP contribution < -0.4 is 10.6 Å². The van der Waals surface area contributed by atoms with E-state index in [1.54, 1.807) is 25.1 Å². The second kappa shape index (κ2) is 9.58. The van der Waals surface area contributed by atoms with Crippen LogP contribution in [0.5, 0.6) is 0 Å². The van der Waals surface area contributed by atoms with Crippen molar-refractivity contribution in [1.29, 1.82) is 0 Å². The van der Waals surface area contributed by atoms with E-state index >= 15 is 0 Å². The second-order valence-electron chi connectivity index (χ2n) is 5.13. The maximum Gasteiger partial charge on any atom is 0.340 e. The molecule has 0 unspecified atom stereocenters. The van der Waals surface area contributed by atoms with Gasteiger partial charge in [0.15, 0.2) is 0 Å². The fourth-order valence-corrected chi connectivity index (χ4v) is 1.84. The van der Waals surface area contributed by atoms with Gasteiger partial charge < -0.3 is 20.3 Å². The molecule has 0 saturated heterocycles.